The third-order valence-corrected chi connectivity index (χ3v) is 4.71. The minimum absolute atomic E-state index is 0.156. The number of hydrogen-bond acceptors (Lipinski definition) is 2. The zero-order chi connectivity index (χ0) is 16.6. The van der Waals surface area contributed by atoms with Gasteiger partial charge in [0.05, 0.1) is 11.1 Å². The fourth-order valence-electron chi connectivity index (χ4n) is 3.67. The van der Waals surface area contributed by atoms with Crippen molar-refractivity contribution in [3.63, 3.8) is 0 Å². The van der Waals surface area contributed by atoms with Crippen molar-refractivity contribution in [2.24, 2.45) is 11.8 Å². The summed E-state index contributed by atoms with van der Waals surface area (Å²) in [5.74, 6) is 1.61. The van der Waals surface area contributed by atoms with E-state index in [4.69, 9.17) is 4.98 Å². The number of benzene rings is 1. The van der Waals surface area contributed by atoms with Gasteiger partial charge in [-0.3, -0.25) is 9.78 Å². The second kappa shape index (κ2) is 6.31. The van der Waals surface area contributed by atoms with Gasteiger partial charge in [-0.15, -0.1) is 0 Å². The number of carbonyl (C=O) groups excluding carboxylic acids is 1. The van der Waals surface area contributed by atoms with Gasteiger partial charge in [0, 0.05) is 24.2 Å². The largest absolute Gasteiger partial charge is 0.338 e. The fraction of sp³-hybridized carbons (Fsp3) is 0.500. The molecule has 2 unspecified atom stereocenters. The Balaban J connectivity index is 2.05. The topological polar surface area (TPSA) is 33.2 Å². The highest BCUT2D eigenvalue weighted by Gasteiger charge is 2.27. The van der Waals surface area contributed by atoms with E-state index in [2.05, 4.69) is 27.7 Å². The molecular formula is C20H26N2O. The van der Waals surface area contributed by atoms with Gasteiger partial charge in [-0.2, -0.15) is 0 Å². The summed E-state index contributed by atoms with van der Waals surface area (Å²) < 4.78 is 0. The quantitative estimate of drug-likeness (QED) is 0.819. The first kappa shape index (κ1) is 16.0. The summed E-state index contributed by atoms with van der Waals surface area (Å²) in [7, 11) is 0. The number of rotatable bonds is 2. The number of carbonyl (C=O) groups is 1. The number of likely N-dealkylation sites (tertiary alicyclic amines) is 1. The third kappa shape index (κ3) is 3.24. The lowest BCUT2D eigenvalue weighted by atomic mass is 9.91. The summed E-state index contributed by atoms with van der Waals surface area (Å²) in [5, 5.41) is 0.966. The van der Waals surface area contributed by atoms with Crippen molar-refractivity contribution in [1.82, 2.24) is 9.88 Å². The lowest BCUT2D eigenvalue weighted by Crippen LogP contribution is -2.42. The summed E-state index contributed by atoms with van der Waals surface area (Å²) >= 11 is 0. The van der Waals surface area contributed by atoms with Crippen molar-refractivity contribution >= 4 is 16.8 Å². The number of fused-ring (bicyclic) bond motifs is 1. The average molecular weight is 310 g/mol. The number of amides is 1. The van der Waals surface area contributed by atoms with Crippen LogP contribution in [0.5, 0.6) is 0 Å². The molecular weight excluding hydrogens is 284 g/mol. The summed E-state index contributed by atoms with van der Waals surface area (Å²) in [5.41, 5.74) is 2.71. The highest BCUT2D eigenvalue weighted by molar-refractivity contribution is 6.06. The monoisotopic (exact) mass is 310 g/mol. The van der Waals surface area contributed by atoms with Crippen LogP contribution in [0.25, 0.3) is 10.9 Å². The van der Waals surface area contributed by atoms with E-state index in [1.54, 1.807) is 0 Å². The summed E-state index contributed by atoms with van der Waals surface area (Å²) in [6.07, 6.45) is 1.21. The molecule has 1 amide bonds. The molecule has 2 atom stereocenters. The number of para-hydroxylation sites is 1. The Morgan fingerprint density at radius 3 is 2.48 bits per heavy atom. The molecule has 3 rings (SSSR count). The maximum absolute atomic E-state index is 13.2. The molecule has 0 aliphatic carbocycles. The van der Waals surface area contributed by atoms with Gasteiger partial charge < -0.3 is 4.90 Å². The van der Waals surface area contributed by atoms with Crippen LogP contribution in [0.3, 0.4) is 0 Å². The smallest absolute Gasteiger partial charge is 0.254 e. The second-order valence-corrected chi connectivity index (χ2v) is 7.42. The predicted octanol–water partition coefficient (Wildman–Crippen LogP) is 4.48. The molecule has 1 aromatic heterocycles. The molecule has 0 radical (unpaired) electrons. The number of piperidine rings is 1. The Hall–Kier alpha value is -1.90. The Morgan fingerprint density at radius 1 is 1.17 bits per heavy atom. The number of nitrogens with zero attached hydrogens (tertiary/aromatic N) is 2. The molecule has 122 valence electrons. The molecule has 0 N–H and O–H groups in total. The van der Waals surface area contributed by atoms with Gasteiger partial charge in [0.15, 0.2) is 0 Å². The van der Waals surface area contributed by atoms with Gasteiger partial charge in [0.1, 0.15) is 0 Å². The molecule has 3 nitrogen and oxygen atoms in total. The summed E-state index contributed by atoms with van der Waals surface area (Å²) in [6.45, 7) is 10.4. The maximum atomic E-state index is 13.2. The molecule has 2 heterocycles. The first-order chi connectivity index (χ1) is 11.0. The van der Waals surface area contributed by atoms with Crippen LogP contribution in [0, 0.1) is 11.8 Å². The van der Waals surface area contributed by atoms with Crippen molar-refractivity contribution in [2.75, 3.05) is 13.1 Å². The van der Waals surface area contributed by atoms with E-state index in [1.807, 2.05) is 35.2 Å². The lowest BCUT2D eigenvalue weighted by molar-refractivity contribution is 0.0625. The van der Waals surface area contributed by atoms with Crippen LogP contribution in [0.1, 0.15) is 56.1 Å². The molecule has 23 heavy (non-hydrogen) atoms. The lowest BCUT2D eigenvalue weighted by Gasteiger charge is -2.35. The Labute approximate surface area is 138 Å². The van der Waals surface area contributed by atoms with Crippen LogP contribution in [0.4, 0.5) is 0 Å². The number of pyridine rings is 1. The van der Waals surface area contributed by atoms with Crippen molar-refractivity contribution < 1.29 is 4.79 Å². The zero-order valence-electron chi connectivity index (χ0n) is 14.5. The van der Waals surface area contributed by atoms with Crippen molar-refractivity contribution in [3.05, 3.63) is 41.6 Å². The molecule has 1 saturated heterocycles. The van der Waals surface area contributed by atoms with E-state index >= 15 is 0 Å². The standard InChI is InChI=1S/C20H26N2O/c1-13(2)19-10-17(16-7-5-6-8-18(16)21-19)20(23)22-11-14(3)9-15(4)12-22/h5-8,10,13-15H,9,11-12H2,1-4H3. The Kier molecular flexibility index (Phi) is 4.38. The first-order valence-corrected chi connectivity index (χ1v) is 8.64. The fourth-order valence-corrected chi connectivity index (χ4v) is 3.67. The van der Waals surface area contributed by atoms with E-state index in [9.17, 15) is 4.79 Å². The predicted molar refractivity (Wildman–Crippen MR) is 94.7 cm³/mol. The van der Waals surface area contributed by atoms with Crippen LogP contribution >= 0.6 is 0 Å². The zero-order valence-corrected chi connectivity index (χ0v) is 14.5. The van der Waals surface area contributed by atoms with Gasteiger partial charge in [0.2, 0.25) is 0 Å². The Morgan fingerprint density at radius 2 is 1.83 bits per heavy atom. The second-order valence-electron chi connectivity index (χ2n) is 7.42. The molecule has 3 heteroatoms. The number of hydrogen-bond donors (Lipinski definition) is 0. The van der Waals surface area contributed by atoms with Gasteiger partial charge in [-0.1, -0.05) is 45.9 Å². The molecule has 2 aromatic rings. The number of aromatic nitrogens is 1. The normalized spacial score (nSPS) is 21.9. The van der Waals surface area contributed by atoms with E-state index in [-0.39, 0.29) is 5.91 Å². The van der Waals surface area contributed by atoms with Crippen molar-refractivity contribution in [3.8, 4) is 0 Å². The SMILES string of the molecule is CC1CC(C)CN(C(=O)c2cc(C(C)C)nc3ccccc23)C1. The Bertz CT molecular complexity index is 713. The van der Waals surface area contributed by atoms with Crippen LogP contribution in [0.2, 0.25) is 0 Å². The third-order valence-electron chi connectivity index (χ3n) is 4.71. The van der Waals surface area contributed by atoms with Crippen LogP contribution < -0.4 is 0 Å². The highest BCUT2D eigenvalue weighted by atomic mass is 16.2. The average Bonchev–Trinajstić information content (AvgIpc) is 2.52. The van der Waals surface area contributed by atoms with E-state index in [0.717, 1.165) is 35.2 Å². The minimum Gasteiger partial charge on any atom is -0.338 e. The molecule has 1 aliphatic heterocycles. The molecule has 0 saturated carbocycles. The van der Waals surface area contributed by atoms with E-state index in [1.165, 1.54) is 6.42 Å². The molecule has 1 aliphatic rings. The van der Waals surface area contributed by atoms with Crippen LogP contribution in [-0.2, 0) is 0 Å². The van der Waals surface area contributed by atoms with Gasteiger partial charge in [0.25, 0.3) is 5.91 Å². The molecule has 1 fully saturated rings. The van der Waals surface area contributed by atoms with Crippen LogP contribution in [-0.4, -0.2) is 28.9 Å². The maximum Gasteiger partial charge on any atom is 0.254 e. The summed E-state index contributed by atoms with van der Waals surface area (Å²) in [6, 6.07) is 9.98. The molecule has 0 bridgehead atoms. The molecule has 1 aromatic carbocycles. The van der Waals surface area contributed by atoms with Gasteiger partial charge >= 0.3 is 0 Å². The first-order valence-electron chi connectivity index (χ1n) is 8.64. The van der Waals surface area contributed by atoms with E-state index in [0.29, 0.717) is 17.8 Å². The van der Waals surface area contributed by atoms with Gasteiger partial charge in [-0.25, -0.2) is 0 Å². The van der Waals surface area contributed by atoms with E-state index < -0.39 is 0 Å². The van der Waals surface area contributed by atoms with Crippen molar-refractivity contribution in [2.45, 2.75) is 40.0 Å². The molecule has 0 spiro atoms. The minimum atomic E-state index is 0.156. The van der Waals surface area contributed by atoms with Crippen LogP contribution in [0.15, 0.2) is 30.3 Å². The highest BCUT2D eigenvalue weighted by Crippen LogP contribution is 2.27. The van der Waals surface area contributed by atoms with Crippen molar-refractivity contribution in [1.29, 1.82) is 0 Å². The van der Waals surface area contributed by atoms with Gasteiger partial charge in [-0.05, 0) is 36.3 Å². The summed E-state index contributed by atoms with van der Waals surface area (Å²) in [4.78, 5) is 19.9.